The van der Waals surface area contributed by atoms with E-state index in [1.54, 1.807) is 0 Å². The normalized spacial score (nSPS) is 12.7. The maximum atomic E-state index is 5.47. The Balaban J connectivity index is 2.25. The fraction of sp³-hybridized carbons (Fsp3) is 0.538. The van der Waals surface area contributed by atoms with Gasteiger partial charge in [0.2, 0.25) is 0 Å². The molecule has 0 aliphatic heterocycles. The molecule has 0 saturated carbocycles. The van der Waals surface area contributed by atoms with Crippen molar-refractivity contribution in [3.8, 4) is 0 Å². The fourth-order valence-corrected chi connectivity index (χ4v) is 1.45. The molecule has 78 valence electrons. The number of benzene rings is 1. The predicted molar refractivity (Wildman–Crippen MR) is 60.6 cm³/mol. The van der Waals surface area contributed by atoms with Gasteiger partial charge in [0.15, 0.2) is 0 Å². The molecule has 0 amide bonds. The molecule has 0 radical (unpaired) electrons. The third-order valence-electron chi connectivity index (χ3n) is 2.41. The van der Waals surface area contributed by atoms with Crippen LogP contribution in [0, 0.1) is 0 Å². The second-order valence-corrected chi connectivity index (χ2v) is 3.71. The van der Waals surface area contributed by atoms with Crippen LogP contribution in [0.3, 0.4) is 0 Å². The minimum Gasteiger partial charge on any atom is -0.381 e. The van der Waals surface area contributed by atoms with Gasteiger partial charge < -0.3 is 4.74 Å². The van der Waals surface area contributed by atoms with Gasteiger partial charge in [0.25, 0.3) is 0 Å². The first-order valence-corrected chi connectivity index (χ1v) is 5.47. The Hall–Kier alpha value is -0.820. The molecule has 0 aromatic heterocycles. The van der Waals surface area contributed by atoms with Gasteiger partial charge in [0.1, 0.15) is 0 Å². The Bertz CT molecular complexity index is 230. The molecule has 0 aliphatic carbocycles. The zero-order valence-corrected chi connectivity index (χ0v) is 9.20. The van der Waals surface area contributed by atoms with Gasteiger partial charge in [-0.3, -0.25) is 0 Å². The van der Waals surface area contributed by atoms with Crippen LogP contribution in [-0.4, -0.2) is 13.2 Å². The number of hydrogen-bond acceptors (Lipinski definition) is 1. The van der Waals surface area contributed by atoms with Gasteiger partial charge in [-0.15, -0.1) is 0 Å². The van der Waals surface area contributed by atoms with Crippen LogP contribution in [0.2, 0.25) is 0 Å². The zero-order chi connectivity index (χ0) is 10.2. The van der Waals surface area contributed by atoms with E-state index in [1.807, 2.05) is 0 Å². The Morgan fingerprint density at radius 3 is 2.50 bits per heavy atom. The first-order chi connectivity index (χ1) is 6.84. The second-order valence-electron chi connectivity index (χ2n) is 3.71. The van der Waals surface area contributed by atoms with Crippen molar-refractivity contribution in [2.75, 3.05) is 13.2 Å². The Labute approximate surface area is 87.1 Å². The van der Waals surface area contributed by atoms with Gasteiger partial charge in [-0.2, -0.15) is 0 Å². The van der Waals surface area contributed by atoms with Gasteiger partial charge >= 0.3 is 0 Å². The maximum absolute atomic E-state index is 5.47. The summed E-state index contributed by atoms with van der Waals surface area (Å²) < 4.78 is 5.47. The van der Waals surface area contributed by atoms with Gasteiger partial charge in [0.05, 0.1) is 0 Å². The van der Waals surface area contributed by atoms with E-state index in [0.29, 0.717) is 5.92 Å². The second kappa shape index (κ2) is 6.61. The monoisotopic (exact) mass is 192 g/mol. The molecule has 1 aromatic carbocycles. The molecule has 1 rings (SSSR count). The lowest BCUT2D eigenvalue weighted by atomic mass is 9.98. The molecular weight excluding hydrogens is 172 g/mol. The van der Waals surface area contributed by atoms with Gasteiger partial charge in [-0.25, -0.2) is 0 Å². The van der Waals surface area contributed by atoms with Crippen LogP contribution >= 0.6 is 0 Å². The lowest BCUT2D eigenvalue weighted by Crippen LogP contribution is -2.01. The summed E-state index contributed by atoms with van der Waals surface area (Å²) in [5.74, 6) is 0.605. The molecule has 1 unspecified atom stereocenters. The molecular formula is C13H20O. The summed E-state index contributed by atoms with van der Waals surface area (Å²) >= 11 is 0. The highest BCUT2D eigenvalue weighted by molar-refractivity contribution is 5.18. The highest BCUT2D eigenvalue weighted by Gasteiger charge is 2.03. The van der Waals surface area contributed by atoms with E-state index < -0.39 is 0 Å². The van der Waals surface area contributed by atoms with E-state index in [0.717, 1.165) is 26.1 Å². The first kappa shape index (κ1) is 11.3. The Morgan fingerprint density at radius 1 is 1.14 bits per heavy atom. The summed E-state index contributed by atoms with van der Waals surface area (Å²) in [6.07, 6.45) is 2.23. The summed E-state index contributed by atoms with van der Waals surface area (Å²) in [6.45, 7) is 6.16. The Kier molecular flexibility index (Phi) is 5.31. The number of ether oxygens (including phenoxy) is 1. The number of hydrogen-bond donors (Lipinski definition) is 0. The van der Waals surface area contributed by atoms with E-state index in [2.05, 4.69) is 44.2 Å². The van der Waals surface area contributed by atoms with Crippen molar-refractivity contribution in [2.24, 2.45) is 0 Å². The quantitative estimate of drug-likeness (QED) is 0.626. The summed E-state index contributed by atoms with van der Waals surface area (Å²) in [7, 11) is 0. The molecule has 1 aromatic rings. The summed E-state index contributed by atoms with van der Waals surface area (Å²) in [5, 5.41) is 0. The van der Waals surface area contributed by atoms with Crippen molar-refractivity contribution in [2.45, 2.75) is 32.6 Å². The van der Waals surface area contributed by atoms with Crippen molar-refractivity contribution in [3.05, 3.63) is 35.9 Å². The third kappa shape index (κ3) is 3.93. The highest BCUT2D eigenvalue weighted by Crippen LogP contribution is 2.17. The molecule has 0 heterocycles. The number of rotatable bonds is 6. The van der Waals surface area contributed by atoms with E-state index in [-0.39, 0.29) is 0 Å². The van der Waals surface area contributed by atoms with Gasteiger partial charge in [-0.05, 0) is 24.3 Å². The summed E-state index contributed by atoms with van der Waals surface area (Å²) in [5.41, 5.74) is 1.41. The zero-order valence-electron chi connectivity index (χ0n) is 9.20. The van der Waals surface area contributed by atoms with E-state index in [4.69, 9.17) is 4.74 Å². The summed E-state index contributed by atoms with van der Waals surface area (Å²) in [6, 6.07) is 10.6. The minimum atomic E-state index is 0.605. The molecule has 0 N–H and O–H groups in total. The van der Waals surface area contributed by atoms with Crippen molar-refractivity contribution < 1.29 is 4.74 Å². The van der Waals surface area contributed by atoms with Crippen molar-refractivity contribution >= 4 is 0 Å². The lowest BCUT2D eigenvalue weighted by Gasteiger charge is -2.11. The fourth-order valence-electron chi connectivity index (χ4n) is 1.45. The highest BCUT2D eigenvalue weighted by atomic mass is 16.5. The third-order valence-corrected chi connectivity index (χ3v) is 2.41. The van der Waals surface area contributed by atoms with E-state index in [9.17, 15) is 0 Å². The minimum absolute atomic E-state index is 0.605. The molecule has 1 nitrogen and oxygen atoms in total. The summed E-state index contributed by atoms with van der Waals surface area (Å²) in [4.78, 5) is 0. The van der Waals surface area contributed by atoms with Crippen LogP contribution < -0.4 is 0 Å². The molecule has 0 spiro atoms. The van der Waals surface area contributed by atoms with Crippen molar-refractivity contribution in [1.29, 1.82) is 0 Å². The average Bonchev–Trinajstić information content (AvgIpc) is 2.25. The van der Waals surface area contributed by atoms with Crippen LogP contribution in [0.5, 0.6) is 0 Å². The molecule has 0 fully saturated rings. The molecule has 0 saturated heterocycles. The van der Waals surface area contributed by atoms with Crippen molar-refractivity contribution in [3.63, 3.8) is 0 Å². The van der Waals surface area contributed by atoms with E-state index in [1.165, 1.54) is 5.56 Å². The largest absolute Gasteiger partial charge is 0.381 e. The molecule has 0 bridgehead atoms. The van der Waals surface area contributed by atoms with Crippen molar-refractivity contribution in [1.82, 2.24) is 0 Å². The van der Waals surface area contributed by atoms with Crippen LogP contribution in [0.4, 0.5) is 0 Å². The SMILES string of the molecule is CCCOCCC(C)c1ccccc1. The molecule has 1 heteroatoms. The Morgan fingerprint density at radius 2 is 1.86 bits per heavy atom. The van der Waals surface area contributed by atoms with Crippen LogP contribution in [0.15, 0.2) is 30.3 Å². The van der Waals surface area contributed by atoms with Crippen LogP contribution in [0.25, 0.3) is 0 Å². The van der Waals surface area contributed by atoms with Crippen LogP contribution in [0.1, 0.15) is 38.2 Å². The predicted octanol–water partition coefficient (Wildman–Crippen LogP) is 3.61. The van der Waals surface area contributed by atoms with E-state index >= 15 is 0 Å². The molecule has 1 atom stereocenters. The lowest BCUT2D eigenvalue weighted by molar-refractivity contribution is 0.128. The molecule has 0 aliphatic rings. The maximum Gasteiger partial charge on any atom is 0.0471 e. The topological polar surface area (TPSA) is 9.23 Å². The van der Waals surface area contributed by atoms with Gasteiger partial charge in [-0.1, -0.05) is 44.2 Å². The van der Waals surface area contributed by atoms with Crippen LogP contribution in [-0.2, 0) is 4.74 Å². The smallest absolute Gasteiger partial charge is 0.0471 e. The van der Waals surface area contributed by atoms with Gasteiger partial charge in [0, 0.05) is 13.2 Å². The standard InChI is InChI=1S/C13H20O/c1-3-10-14-11-9-12(2)13-7-5-4-6-8-13/h4-8,12H,3,9-11H2,1-2H3. The molecule has 14 heavy (non-hydrogen) atoms. The first-order valence-electron chi connectivity index (χ1n) is 5.47. The average molecular weight is 192 g/mol.